The third kappa shape index (κ3) is 2.75. The number of phenols is 2. The molecule has 134 valence electrons. The van der Waals surface area contributed by atoms with E-state index >= 15 is 0 Å². The molecule has 1 aliphatic heterocycles. The second-order valence-electron chi connectivity index (χ2n) is 6.90. The summed E-state index contributed by atoms with van der Waals surface area (Å²) in [5.74, 6) is 0.203. The van der Waals surface area contributed by atoms with Gasteiger partial charge in [0.2, 0.25) is 0 Å². The van der Waals surface area contributed by atoms with Gasteiger partial charge in [-0.05, 0) is 53.3 Å². The van der Waals surface area contributed by atoms with E-state index in [1.165, 1.54) is 20.9 Å². The molecule has 2 aliphatic rings. The number of phenolic OH excluding ortho intramolecular Hbond substituents is 2. The van der Waals surface area contributed by atoms with Crippen molar-refractivity contribution in [3.05, 3.63) is 70.1 Å². The summed E-state index contributed by atoms with van der Waals surface area (Å²) in [7, 11) is 0. The van der Waals surface area contributed by atoms with Crippen LogP contribution in [0.4, 0.5) is 0 Å². The number of halogens is 1. The van der Waals surface area contributed by atoms with Crippen LogP contribution in [0.1, 0.15) is 33.9 Å². The molecular weight excluding hydrogens is 410 g/mol. The number of benzene rings is 2. The van der Waals surface area contributed by atoms with Gasteiger partial charge in [0.25, 0.3) is 0 Å². The molecule has 3 nitrogen and oxygen atoms in total. The molecule has 5 rings (SSSR count). The minimum Gasteiger partial charge on any atom is -0.504 e. The molecule has 0 saturated heterocycles. The smallest absolute Gasteiger partial charge is 0.157 e. The molecule has 2 atom stereocenters. The van der Waals surface area contributed by atoms with Gasteiger partial charge in [-0.15, -0.1) is 28.3 Å². The normalized spacial score (nSPS) is 20.5. The quantitative estimate of drug-likeness (QED) is 0.479. The third-order valence-electron chi connectivity index (χ3n) is 5.46. The van der Waals surface area contributed by atoms with Crippen LogP contribution >= 0.6 is 28.3 Å². The van der Waals surface area contributed by atoms with E-state index in [0.29, 0.717) is 6.04 Å². The summed E-state index contributed by atoms with van der Waals surface area (Å²) in [4.78, 5) is 2.67. The van der Waals surface area contributed by atoms with Crippen molar-refractivity contribution in [3.63, 3.8) is 0 Å². The molecule has 0 radical (unpaired) electrons. The first-order valence-electron chi connectivity index (χ1n) is 8.67. The zero-order chi connectivity index (χ0) is 17.0. The van der Waals surface area contributed by atoms with Crippen LogP contribution in [0.2, 0.25) is 0 Å². The number of aryl methyl sites for hydroxylation is 1. The van der Waals surface area contributed by atoms with Gasteiger partial charge in [0, 0.05) is 28.3 Å². The monoisotopic (exact) mass is 429 g/mol. The Morgan fingerprint density at radius 3 is 2.54 bits per heavy atom. The Labute approximate surface area is 167 Å². The summed E-state index contributed by atoms with van der Waals surface area (Å²) in [6.07, 6.45) is 1.99. The lowest BCUT2D eigenvalue weighted by molar-refractivity contribution is 0.382. The molecule has 5 heteroatoms. The van der Waals surface area contributed by atoms with Crippen molar-refractivity contribution in [1.29, 1.82) is 0 Å². The molecule has 26 heavy (non-hydrogen) atoms. The van der Waals surface area contributed by atoms with Gasteiger partial charge in [-0.25, -0.2) is 0 Å². The van der Waals surface area contributed by atoms with Crippen LogP contribution in [-0.2, 0) is 13.0 Å². The number of hydrogen-bond donors (Lipinski definition) is 3. The highest BCUT2D eigenvalue weighted by atomic mass is 79.9. The summed E-state index contributed by atoms with van der Waals surface area (Å²) >= 11 is 1.85. The Balaban J connectivity index is 0.00000168. The first kappa shape index (κ1) is 17.6. The van der Waals surface area contributed by atoms with E-state index in [1.54, 1.807) is 12.1 Å². The Hall–Kier alpha value is -1.82. The van der Waals surface area contributed by atoms with E-state index in [9.17, 15) is 10.2 Å². The van der Waals surface area contributed by atoms with Crippen LogP contribution in [0.5, 0.6) is 11.5 Å². The Bertz CT molecular complexity index is 954. The molecule has 2 unspecified atom stereocenters. The number of thiophene rings is 1. The van der Waals surface area contributed by atoms with Crippen LogP contribution in [0.25, 0.3) is 10.4 Å². The highest BCUT2D eigenvalue weighted by molar-refractivity contribution is 8.93. The third-order valence-corrected chi connectivity index (χ3v) is 6.66. The lowest BCUT2D eigenvalue weighted by atomic mass is 9.74. The Morgan fingerprint density at radius 1 is 0.962 bits per heavy atom. The summed E-state index contributed by atoms with van der Waals surface area (Å²) < 4.78 is 0. The van der Waals surface area contributed by atoms with E-state index < -0.39 is 0 Å². The van der Waals surface area contributed by atoms with E-state index in [1.807, 2.05) is 17.4 Å². The lowest BCUT2D eigenvalue weighted by Gasteiger charge is -2.38. The first-order valence-corrected chi connectivity index (χ1v) is 9.48. The molecule has 0 saturated carbocycles. The molecule has 1 aromatic heterocycles. The van der Waals surface area contributed by atoms with Crippen molar-refractivity contribution >= 4 is 28.3 Å². The van der Waals surface area contributed by atoms with Crippen molar-refractivity contribution in [3.8, 4) is 21.9 Å². The zero-order valence-electron chi connectivity index (χ0n) is 14.1. The average molecular weight is 430 g/mol. The fourth-order valence-corrected chi connectivity index (χ4v) is 5.42. The molecule has 0 bridgehead atoms. The van der Waals surface area contributed by atoms with Crippen LogP contribution in [0.3, 0.4) is 0 Å². The molecule has 3 N–H and O–H groups in total. The van der Waals surface area contributed by atoms with Crippen LogP contribution in [-0.4, -0.2) is 16.3 Å². The van der Waals surface area contributed by atoms with Crippen molar-refractivity contribution in [2.45, 2.75) is 31.3 Å². The van der Waals surface area contributed by atoms with Gasteiger partial charge in [0.05, 0.1) is 0 Å². The standard InChI is InChI=1S/C21H19NO2S.BrH/c23-17-8-13-6-7-16-21(14(13)9-18(17)24)15-10-19(25-20(15)11-22-16)12-4-2-1-3-5-12;/h1-5,8-10,16,21-24H,6-7,11H2;1H. The van der Waals surface area contributed by atoms with Crippen molar-refractivity contribution < 1.29 is 10.2 Å². The zero-order valence-corrected chi connectivity index (χ0v) is 16.6. The maximum atomic E-state index is 10.0. The molecular formula is C21H20BrNO2S. The van der Waals surface area contributed by atoms with Crippen LogP contribution in [0, 0.1) is 0 Å². The highest BCUT2D eigenvalue weighted by Gasteiger charge is 2.36. The molecule has 0 fully saturated rings. The molecule has 0 spiro atoms. The van der Waals surface area contributed by atoms with E-state index in [4.69, 9.17) is 0 Å². The van der Waals surface area contributed by atoms with E-state index in [0.717, 1.165) is 30.5 Å². The summed E-state index contributed by atoms with van der Waals surface area (Å²) in [5.41, 5.74) is 4.93. The largest absolute Gasteiger partial charge is 0.504 e. The SMILES string of the molecule is Br.Oc1cc2c(cc1O)C1c3cc(-c4ccccc4)sc3CNC1CC2. The Morgan fingerprint density at radius 2 is 1.73 bits per heavy atom. The van der Waals surface area contributed by atoms with Gasteiger partial charge in [-0.3, -0.25) is 0 Å². The fraction of sp³-hybridized carbons (Fsp3) is 0.238. The molecule has 3 aromatic rings. The second-order valence-corrected chi connectivity index (χ2v) is 8.04. The van der Waals surface area contributed by atoms with E-state index in [2.05, 4.69) is 35.6 Å². The van der Waals surface area contributed by atoms with Crippen LogP contribution in [0.15, 0.2) is 48.5 Å². The lowest BCUT2D eigenvalue weighted by Crippen LogP contribution is -2.41. The van der Waals surface area contributed by atoms with Gasteiger partial charge in [0.15, 0.2) is 11.5 Å². The summed E-state index contributed by atoms with van der Waals surface area (Å²) in [5, 5.41) is 23.6. The number of hydrogen-bond acceptors (Lipinski definition) is 4. The fourth-order valence-electron chi connectivity index (χ4n) is 4.25. The van der Waals surface area contributed by atoms with Crippen molar-refractivity contribution in [1.82, 2.24) is 5.32 Å². The number of nitrogens with one attached hydrogen (secondary N) is 1. The maximum Gasteiger partial charge on any atom is 0.157 e. The van der Waals surface area contributed by atoms with E-state index in [-0.39, 0.29) is 34.4 Å². The van der Waals surface area contributed by atoms with Crippen LogP contribution < -0.4 is 5.32 Å². The molecule has 0 amide bonds. The number of aromatic hydroxyl groups is 2. The minimum absolute atomic E-state index is 0. The second kappa shape index (κ2) is 6.72. The summed E-state index contributed by atoms with van der Waals surface area (Å²) in [6.45, 7) is 0.910. The molecule has 1 aliphatic carbocycles. The predicted octanol–water partition coefficient (Wildman–Crippen LogP) is 4.95. The summed E-state index contributed by atoms with van der Waals surface area (Å²) in [6, 6.07) is 16.7. The van der Waals surface area contributed by atoms with Gasteiger partial charge < -0.3 is 15.5 Å². The van der Waals surface area contributed by atoms with Gasteiger partial charge >= 0.3 is 0 Å². The van der Waals surface area contributed by atoms with Gasteiger partial charge in [-0.2, -0.15) is 0 Å². The number of fused-ring (bicyclic) bond motifs is 5. The minimum atomic E-state index is -0.0231. The molecule has 2 aromatic carbocycles. The Kier molecular flexibility index (Phi) is 4.55. The maximum absolute atomic E-state index is 10.0. The molecule has 2 heterocycles. The van der Waals surface area contributed by atoms with Crippen molar-refractivity contribution in [2.24, 2.45) is 0 Å². The van der Waals surface area contributed by atoms with Gasteiger partial charge in [0.1, 0.15) is 0 Å². The predicted molar refractivity (Wildman–Crippen MR) is 111 cm³/mol. The average Bonchev–Trinajstić information content (AvgIpc) is 3.07. The van der Waals surface area contributed by atoms with Gasteiger partial charge in [-0.1, -0.05) is 30.3 Å². The topological polar surface area (TPSA) is 52.5 Å². The van der Waals surface area contributed by atoms with Crippen molar-refractivity contribution in [2.75, 3.05) is 0 Å². The number of rotatable bonds is 1. The first-order chi connectivity index (χ1) is 12.2. The highest BCUT2D eigenvalue weighted by Crippen LogP contribution is 2.47.